The zero-order valence-corrected chi connectivity index (χ0v) is 9.45. The topological polar surface area (TPSA) is 64.7 Å². The zero-order valence-electron chi connectivity index (χ0n) is 8.64. The number of hydrogen-bond acceptors (Lipinski definition) is 5. The Bertz CT molecular complexity index is 464. The van der Waals surface area contributed by atoms with Gasteiger partial charge in [0.1, 0.15) is 10.0 Å². The summed E-state index contributed by atoms with van der Waals surface area (Å²) >= 11 is 1.52. The Morgan fingerprint density at radius 1 is 1.33 bits per heavy atom. The average molecular weight is 220 g/mol. The summed E-state index contributed by atoms with van der Waals surface area (Å²) in [5.41, 5.74) is 7.84. The Labute approximate surface area is 92.2 Å². The Morgan fingerprint density at radius 2 is 2.13 bits per heavy atom. The first kappa shape index (κ1) is 10.2. The lowest BCUT2D eigenvalue weighted by atomic mass is 10.2. The van der Waals surface area contributed by atoms with Crippen molar-refractivity contribution < 1.29 is 0 Å². The van der Waals surface area contributed by atoms with E-state index in [2.05, 4.69) is 15.2 Å². The maximum atomic E-state index is 5.73. The van der Waals surface area contributed by atoms with Crippen molar-refractivity contribution in [3.05, 3.63) is 29.0 Å². The molecule has 2 rings (SSSR count). The van der Waals surface area contributed by atoms with Crippen LogP contribution in [0.2, 0.25) is 0 Å². The van der Waals surface area contributed by atoms with Crippen LogP contribution in [0.4, 0.5) is 0 Å². The first-order valence-corrected chi connectivity index (χ1v) is 5.49. The third-order valence-corrected chi connectivity index (χ3v) is 3.13. The first-order valence-electron chi connectivity index (χ1n) is 4.68. The third kappa shape index (κ3) is 2.19. The van der Waals surface area contributed by atoms with Crippen molar-refractivity contribution in [1.29, 1.82) is 0 Å². The fourth-order valence-corrected chi connectivity index (χ4v) is 1.98. The molecule has 2 N–H and O–H groups in total. The van der Waals surface area contributed by atoms with E-state index in [4.69, 9.17) is 5.73 Å². The molecular formula is C10H12N4S. The number of rotatable bonds is 2. The fourth-order valence-electron chi connectivity index (χ4n) is 1.21. The summed E-state index contributed by atoms with van der Waals surface area (Å²) in [6.45, 7) is 3.91. The first-order chi connectivity index (χ1) is 7.16. The van der Waals surface area contributed by atoms with Crippen LogP contribution in [-0.2, 0) is 0 Å². The molecule has 4 nitrogen and oxygen atoms in total. The highest BCUT2D eigenvalue weighted by molar-refractivity contribution is 7.14. The highest BCUT2D eigenvalue weighted by atomic mass is 32.1. The molecule has 0 aliphatic carbocycles. The molecule has 0 aliphatic heterocycles. The van der Waals surface area contributed by atoms with Gasteiger partial charge in [-0.15, -0.1) is 10.2 Å². The van der Waals surface area contributed by atoms with Gasteiger partial charge < -0.3 is 5.73 Å². The lowest BCUT2D eigenvalue weighted by molar-refractivity contribution is 0.786. The second kappa shape index (κ2) is 4.04. The van der Waals surface area contributed by atoms with Gasteiger partial charge in [-0.3, -0.25) is 4.98 Å². The minimum atomic E-state index is -0.0611. The van der Waals surface area contributed by atoms with Gasteiger partial charge in [0, 0.05) is 18.0 Å². The van der Waals surface area contributed by atoms with Gasteiger partial charge in [0.25, 0.3) is 0 Å². The smallest absolute Gasteiger partial charge is 0.149 e. The Morgan fingerprint density at radius 3 is 2.73 bits per heavy atom. The van der Waals surface area contributed by atoms with Crippen LogP contribution in [0.15, 0.2) is 18.5 Å². The van der Waals surface area contributed by atoms with E-state index in [9.17, 15) is 0 Å². The maximum absolute atomic E-state index is 5.73. The molecule has 0 bridgehead atoms. The molecule has 0 amide bonds. The number of hydrogen-bond donors (Lipinski definition) is 1. The number of pyridine rings is 1. The molecule has 0 aliphatic rings. The third-order valence-electron chi connectivity index (χ3n) is 1.95. The van der Waals surface area contributed by atoms with Gasteiger partial charge in [0.05, 0.1) is 6.04 Å². The second-order valence-corrected chi connectivity index (χ2v) is 4.49. The van der Waals surface area contributed by atoms with Gasteiger partial charge in [-0.2, -0.15) is 0 Å². The van der Waals surface area contributed by atoms with Crippen molar-refractivity contribution in [1.82, 2.24) is 15.2 Å². The number of aromatic nitrogens is 3. The summed E-state index contributed by atoms with van der Waals surface area (Å²) in [6, 6.07) is 1.98. The second-order valence-electron chi connectivity index (χ2n) is 3.49. The maximum Gasteiger partial charge on any atom is 0.149 e. The minimum Gasteiger partial charge on any atom is -0.322 e. The van der Waals surface area contributed by atoms with Crippen molar-refractivity contribution in [2.45, 2.75) is 19.9 Å². The number of nitrogens with zero attached hydrogens (tertiary/aromatic N) is 3. The summed E-state index contributed by atoms with van der Waals surface area (Å²) in [5.74, 6) is 0. The molecule has 0 saturated heterocycles. The van der Waals surface area contributed by atoms with Crippen molar-refractivity contribution in [3.8, 4) is 10.6 Å². The molecule has 0 aromatic carbocycles. The van der Waals surface area contributed by atoms with Crippen LogP contribution in [0.5, 0.6) is 0 Å². The molecule has 2 aromatic heterocycles. The highest BCUT2D eigenvalue weighted by Gasteiger charge is 2.09. The molecular weight excluding hydrogens is 208 g/mol. The van der Waals surface area contributed by atoms with Crippen LogP contribution in [-0.4, -0.2) is 15.2 Å². The molecule has 0 fully saturated rings. The summed E-state index contributed by atoms with van der Waals surface area (Å²) in [4.78, 5) is 4.12. The summed E-state index contributed by atoms with van der Waals surface area (Å²) in [7, 11) is 0. The summed E-state index contributed by atoms with van der Waals surface area (Å²) in [5, 5.41) is 9.86. The molecule has 0 saturated carbocycles. The number of aryl methyl sites for hydroxylation is 1. The van der Waals surface area contributed by atoms with Crippen LogP contribution in [0.25, 0.3) is 10.6 Å². The van der Waals surface area contributed by atoms with Gasteiger partial charge in [-0.05, 0) is 25.5 Å². The number of nitrogens with two attached hydrogens (primary N) is 1. The van der Waals surface area contributed by atoms with Crippen molar-refractivity contribution >= 4 is 11.3 Å². The monoisotopic (exact) mass is 220 g/mol. The largest absolute Gasteiger partial charge is 0.322 e. The van der Waals surface area contributed by atoms with Gasteiger partial charge in [-0.1, -0.05) is 11.3 Å². The van der Waals surface area contributed by atoms with Gasteiger partial charge in [0.2, 0.25) is 0 Å². The van der Waals surface area contributed by atoms with E-state index in [0.29, 0.717) is 0 Å². The predicted molar refractivity (Wildman–Crippen MR) is 60.5 cm³/mol. The van der Waals surface area contributed by atoms with Gasteiger partial charge in [0.15, 0.2) is 0 Å². The van der Waals surface area contributed by atoms with E-state index in [1.54, 1.807) is 6.20 Å². The normalized spacial score (nSPS) is 12.7. The fraction of sp³-hybridized carbons (Fsp3) is 0.300. The quantitative estimate of drug-likeness (QED) is 0.839. The highest BCUT2D eigenvalue weighted by Crippen LogP contribution is 2.25. The van der Waals surface area contributed by atoms with E-state index in [1.165, 1.54) is 11.3 Å². The van der Waals surface area contributed by atoms with Crippen molar-refractivity contribution in [2.75, 3.05) is 0 Å². The van der Waals surface area contributed by atoms with Crippen LogP contribution in [0.1, 0.15) is 23.5 Å². The Kier molecular flexibility index (Phi) is 2.75. The SMILES string of the molecule is Cc1cncc(-c2nnc(C(C)N)s2)c1. The minimum absolute atomic E-state index is 0.0611. The Hall–Kier alpha value is -1.33. The zero-order chi connectivity index (χ0) is 10.8. The molecule has 5 heteroatoms. The lowest BCUT2D eigenvalue weighted by Gasteiger charge is -1.96. The molecule has 1 unspecified atom stereocenters. The molecule has 2 heterocycles. The molecule has 1 atom stereocenters. The van der Waals surface area contributed by atoms with Crippen LogP contribution in [0.3, 0.4) is 0 Å². The van der Waals surface area contributed by atoms with E-state index in [-0.39, 0.29) is 6.04 Å². The van der Waals surface area contributed by atoms with E-state index in [0.717, 1.165) is 21.1 Å². The Balaban J connectivity index is 2.37. The standard InChI is InChI=1S/C10H12N4S/c1-6-3-8(5-12-4-6)10-14-13-9(15-10)7(2)11/h3-5,7H,11H2,1-2H3. The van der Waals surface area contributed by atoms with Crippen molar-refractivity contribution in [3.63, 3.8) is 0 Å². The molecule has 78 valence electrons. The van der Waals surface area contributed by atoms with Crippen molar-refractivity contribution in [2.24, 2.45) is 5.73 Å². The molecule has 0 spiro atoms. The molecule has 2 aromatic rings. The van der Waals surface area contributed by atoms with Crippen LogP contribution >= 0.6 is 11.3 Å². The van der Waals surface area contributed by atoms with Crippen LogP contribution in [0, 0.1) is 6.92 Å². The lowest BCUT2D eigenvalue weighted by Crippen LogP contribution is -2.03. The summed E-state index contributed by atoms with van der Waals surface area (Å²) < 4.78 is 0. The van der Waals surface area contributed by atoms with E-state index >= 15 is 0 Å². The summed E-state index contributed by atoms with van der Waals surface area (Å²) in [6.07, 6.45) is 3.61. The predicted octanol–water partition coefficient (Wildman–Crippen LogP) is 1.93. The van der Waals surface area contributed by atoms with Gasteiger partial charge >= 0.3 is 0 Å². The van der Waals surface area contributed by atoms with Crippen LogP contribution < -0.4 is 5.73 Å². The average Bonchev–Trinajstić information content (AvgIpc) is 2.66. The van der Waals surface area contributed by atoms with E-state index in [1.807, 2.05) is 26.1 Å². The van der Waals surface area contributed by atoms with Gasteiger partial charge in [-0.25, -0.2) is 0 Å². The van der Waals surface area contributed by atoms with E-state index < -0.39 is 0 Å². The molecule has 15 heavy (non-hydrogen) atoms. The molecule has 0 radical (unpaired) electrons.